The van der Waals surface area contributed by atoms with Gasteiger partial charge >= 0.3 is 6.01 Å². The van der Waals surface area contributed by atoms with E-state index in [1.54, 1.807) is 0 Å². The summed E-state index contributed by atoms with van der Waals surface area (Å²) in [5.74, 6) is 0.727. The molecule has 1 atom stereocenters. The molecule has 6 heteroatoms. The molecule has 1 unspecified atom stereocenters. The number of anilines is 2. The zero-order valence-corrected chi connectivity index (χ0v) is 12.8. The highest BCUT2D eigenvalue weighted by atomic mass is 16.5. The third kappa shape index (κ3) is 4.22. The molecule has 0 saturated carbocycles. The van der Waals surface area contributed by atoms with Crippen molar-refractivity contribution >= 4 is 11.9 Å². The number of nitrogens with two attached hydrogens (primary N) is 1. The molecule has 1 rings (SSSR count). The van der Waals surface area contributed by atoms with Gasteiger partial charge in [0.25, 0.3) is 0 Å². The molecule has 0 aliphatic rings. The van der Waals surface area contributed by atoms with Crippen LogP contribution in [0.4, 0.5) is 11.9 Å². The highest BCUT2D eigenvalue weighted by molar-refractivity contribution is 5.36. The Labute approximate surface area is 115 Å². The van der Waals surface area contributed by atoms with Gasteiger partial charge in [0.15, 0.2) is 0 Å². The van der Waals surface area contributed by atoms with Gasteiger partial charge in [0.05, 0.1) is 6.61 Å². The Morgan fingerprint density at radius 2 is 1.89 bits per heavy atom. The Morgan fingerprint density at radius 1 is 1.26 bits per heavy atom. The molecule has 6 nitrogen and oxygen atoms in total. The molecule has 0 aromatic carbocycles. The third-order valence-corrected chi connectivity index (χ3v) is 3.21. The number of nitrogen functional groups attached to an aromatic ring is 1. The van der Waals surface area contributed by atoms with Gasteiger partial charge in [-0.25, -0.2) is 0 Å². The molecule has 0 fully saturated rings. The summed E-state index contributed by atoms with van der Waals surface area (Å²) >= 11 is 0. The Morgan fingerprint density at radius 3 is 2.42 bits per heavy atom. The number of hydrogen-bond acceptors (Lipinski definition) is 6. The number of nitrogens with zero attached hydrogens (tertiary/aromatic N) is 4. The maximum absolute atomic E-state index is 5.71. The number of ether oxygens (including phenoxy) is 1. The van der Waals surface area contributed by atoms with Gasteiger partial charge in [-0.2, -0.15) is 15.0 Å². The monoisotopic (exact) mass is 267 g/mol. The first kappa shape index (κ1) is 15.5. The molecule has 0 bridgehead atoms. The highest BCUT2D eigenvalue weighted by Crippen LogP contribution is 2.26. The summed E-state index contributed by atoms with van der Waals surface area (Å²) in [7, 11) is 1.95. The fourth-order valence-electron chi connectivity index (χ4n) is 1.53. The lowest BCUT2D eigenvalue weighted by Gasteiger charge is -2.35. The fraction of sp³-hybridized carbons (Fsp3) is 0.769. The van der Waals surface area contributed by atoms with Crippen molar-refractivity contribution in [2.24, 2.45) is 5.41 Å². The summed E-state index contributed by atoms with van der Waals surface area (Å²) < 4.78 is 5.42. The molecular formula is C13H25N5O. The predicted molar refractivity (Wildman–Crippen MR) is 77.3 cm³/mol. The first-order valence-corrected chi connectivity index (χ1v) is 6.63. The van der Waals surface area contributed by atoms with Crippen molar-refractivity contribution in [2.45, 2.75) is 47.1 Å². The van der Waals surface area contributed by atoms with E-state index in [9.17, 15) is 0 Å². The average molecular weight is 267 g/mol. The van der Waals surface area contributed by atoms with Gasteiger partial charge in [0.1, 0.15) is 0 Å². The smallest absolute Gasteiger partial charge is 0.323 e. The van der Waals surface area contributed by atoms with Crippen molar-refractivity contribution in [1.82, 2.24) is 15.0 Å². The van der Waals surface area contributed by atoms with Crippen LogP contribution in [0.2, 0.25) is 0 Å². The normalized spacial score (nSPS) is 13.2. The van der Waals surface area contributed by atoms with Crippen LogP contribution in [-0.4, -0.2) is 34.6 Å². The minimum absolute atomic E-state index is 0.112. The van der Waals surface area contributed by atoms with E-state index in [1.807, 2.05) is 18.9 Å². The third-order valence-electron chi connectivity index (χ3n) is 3.21. The summed E-state index contributed by atoms with van der Waals surface area (Å²) in [6, 6.07) is 0.547. The van der Waals surface area contributed by atoms with E-state index in [1.165, 1.54) is 0 Å². The molecule has 0 radical (unpaired) electrons. The summed E-state index contributed by atoms with van der Waals surface area (Å²) in [5, 5.41) is 0. The topological polar surface area (TPSA) is 77.2 Å². The average Bonchev–Trinajstić information content (AvgIpc) is 2.32. The van der Waals surface area contributed by atoms with Gasteiger partial charge in [-0.05, 0) is 18.8 Å². The standard InChI is InChI=1S/C13H25N5O/c1-7-8-19-12-16-10(14)15-11(17-12)18(6)9(2)13(3,4)5/h9H,7-8H2,1-6H3,(H2,14,15,16,17). The van der Waals surface area contributed by atoms with Crippen LogP contribution < -0.4 is 15.4 Å². The van der Waals surface area contributed by atoms with Crippen LogP contribution in [0, 0.1) is 5.41 Å². The van der Waals surface area contributed by atoms with Crippen LogP contribution in [-0.2, 0) is 0 Å². The molecule has 2 N–H and O–H groups in total. The Bertz CT molecular complexity index is 416. The number of rotatable bonds is 5. The van der Waals surface area contributed by atoms with Crippen molar-refractivity contribution in [3.63, 3.8) is 0 Å². The second kappa shape index (κ2) is 6.04. The van der Waals surface area contributed by atoms with Crippen molar-refractivity contribution in [3.05, 3.63) is 0 Å². The molecule has 0 saturated heterocycles. The molecule has 0 aliphatic carbocycles. The molecule has 1 aromatic heterocycles. The molecule has 0 amide bonds. The molecule has 1 heterocycles. The summed E-state index contributed by atoms with van der Waals surface area (Å²) in [5.41, 5.74) is 5.82. The second-order valence-corrected chi connectivity index (χ2v) is 5.78. The lowest BCUT2D eigenvalue weighted by Crippen LogP contribution is -2.40. The maximum atomic E-state index is 5.71. The zero-order chi connectivity index (χ0) is 14.6. The molecule has 0 aliphatic heterocycles. The largest absolute Gasteiger partial charge is 0.463 e. The van der Waals surface area contributed by atoms with E-state index in [-0.39, 0.29) is 23.4 Å². The summed E-state index contributed by atoms with van der Waals surface area (Å²) in [6.07, 6.45) is 0.898. The van der Waals surface area contributed by atoms with Gasteiger partial charge in [-0.1, -0.05) is 27.7 Å². The Kier molecular flexibility index (Phi) is 4.91. The molecule has 1 aromatic rings. The maximum Gasteiger partial charge on any atom is 0.323 e. The van der Waals surface area contributed by atoms with Crippen molar-refractivity contribution in [1.29, 1.82) is 0 Å². The van der Waals surface area contributed by atoms with E-state index >= 15 is 0 Å². The number of hydrogen-bond donors (Lipinski definition) is 1. The first-order chi connectivity index (χ1) is 8.75. The molecular weight excluding hydrogens is 242 g/mol. The summed E-state index contributed by atoms with van der Waals surface area (Å²) in [4.78, 5) is 14.5. The lowest BCUT2D eigenvalue weighted by molar-refractivity contribution is 0.289. The first-order valence-electron chi connectivity index (χ1n) is 6.63. The van der Waals surface area contributed by atoms with Gasteiger partial charge in [-0.3, -0.25) is 0 Å². The van der Waals surface area contributed by atoms with Gasteiger partial charge in [-0.15, -0.1) is 0 Å². The minimum atomic E-state index is 0.112. The quantitative estimate of drug-likeness (QED) is 0.880. The van der Waals surface area contributed by atoms with E-state index in [0.717, 1.165) is 6.42 Å². The minimum Gasteiger partial charge on any atom is -0.463 e. The van der Waals surface area contributed by atoms with Gasteiger partial charge < -0.3 is 15.4 Å². The molecule has 0 spiro atoms. The molecule has 19 heavy (non-hydrogen) atoms. The SMILES string of the molecule is CCCOc1nc(N)nc(N(C)C(C)C(C)(C)C)n1. The van der Waals surface area contributed by atoms with Crippen LogP contribution in [0.3, 0.4) is 0 Å². The fourth-order valence-corrected chi connectivity index (χ4v) is 1.53. The number of aromatic nitrogens is 3. The van der Waals surface area contributed by atoms with Crippen molar-refractivity contribution in [2.75, 3.05) is 24.3 Å². The Balaban J connectivity index is 2.96. The summed E-state index contributed by atoms with van der Waals surface area (Å²) in [6.45, 7) is 11.3. The highest BCUT2D eigenvalue weighted by Gasteiger charge is 2.26. The van der Waals surface area contributed by atoms with E-state index in [4.69, 9.17) is 10.5 Å². The van der Waals surface area contributed by atoms with E-state index in [0.29, 0.717) is 12.6 Å². The van der Waals surface area contributed by atoms with Gasteiger partial charge in [0, 0.05) is 13.1 Å². The van der Waals surface area contributed by atoms with Crippen LogP contribution in [0.15, 0.2) is 0 Å². The van der Waals surface area contributed by atoms with Crippen LogP contribution >= 0.6 is 0 Å². The molecule has 108 valence electrons. The second-order valence-electron chi connectivity index (χ2n) is 5.78. The van der Waals surface area contributed by atoms with Crippen molar-refractivity contribution in [3.8, 4) is 6.01 Å². The van der Waals surface area contributed by atoms with Crippen LogP contribution in [0.25, 0.3) is 0 Å². The van der Waals surface area contributed by atoms with Gasteiger partial charge in [0.2, 0.25) is 11.9 Å². The Hall–Kier alpha value is -1.59. The van der Waals surface area contributed by atoms with Crippen LogP contribution in [0.5, 0.6) is 6.01 Å². The van der Waals surface area contributed by atoms with Crippen molar-refractivity contribution < 1.29 is 4.74 Å². The lowest BCUT2D eigenvalue weighted by atomic mass is 9.87. The zero-order valence-electron chi connectivity index (χ0n) is 12.8. The van der Waals surface area contributed by atoms with E-state index in [2.05, 4.69) is 42.6 Å². The predicted octanol–water partition coefficient (Wildman–Crippen LogP) is 2.11. The van der Waals surface area contributed by atoms with E-state index < -0.39 is 0 Å². The van der Waals surface area contributed by atoms with Crippen LogP contribution in [0.1, 0.15) is 41.0 Å².